The number of hydrogen-bond acceptors (Lipinski definition) is 7. The van der Waals surface area contributed by atoms with Gasteiger partial charge in [-0.1, -0.05) is 17.7 Å². The Morgan fingerprint density at radius 2 is 1.84 bits per heavy atom. The zero-order valence-electron chi connectivity index (χ0n) is 11.0. The van der Waals surface area contributed by atoms with Crippen molar-refractivity contribution in [2.75, 3.05) is 0 Å². The van der Waals surface area contributed by atoms with Crippen LogP contribution in [0.3, 0.4) is 0 Å². The minimum absolute atomic E-state index is 0.235. The predicted octanol–water partition coefficient (Wildman–Crippen LogP) is 1.01. The van der Waals surface area contributed by atoms with E-state index in [1.165, 1.54) is 13.0 Å². The highest BCUT2D eigenvalue weighted by atomic mass is 31.3. The third-order valence-corrected chi connectivity index (χ3v) is 4.39. The molecule has 19 heavy (non-hydrogen) atoms. The van der Waals surface area contributed by atoms with Crippen molar-refractivity contribution in [1.82, 2.24) is 0 Å². The average Bonchev–Trinajstić information content (AvgIpc) is 2.11. The zero-order chi connectivity index (χ0) is 15.3. The molecular weight excluding hydrogens is 294 g/mol. The highest BCUT2D eigenvalue weighted by molar-refractivity contribution is 7.58. The van der Waals surface area contributed by atoms with E-state index >= 15 is 0 Å². The van der Waals surface area contributed by atoms with Crippen LogP contribution in [0.1, 0.15) is 33.6 Å². The molecule has 0 rings (SSSR count). The molecule has 0 bridgehead atoms. The van der Waals surface area contributed by atoms with Crippen molar-refractivity contribution < 1.29 is 32.6 Å². The Labute approximate surface area is 112 Å². The summed E-state index contributed by atoms with van der Waals surface area (Å²) in [4.78, 5) is 31.8. The van der Waals surface area contributed by atoms with Gasteiger partial charge >= 0.3 is 0 Å². The third-order valence-electron chi connectivity index (χ3n) is 2.15. The van der Waals surface area contributed by atoms with E-state index in [0.29, 0.717) is 6.42 Å². The fraction of sp³-hybridized carbons (Fsp3) is 0.600. The lowest BCUT2D eigenvalue weighted by Crippen LogP contribution is -2.29. The predicted molar refractivity (Wildman–Crippen MR) is 64.7 cm³/mol. The molecule has 0 heterocycles. The molecule has 0 N–H and O–H groups in total. The van der Waals surface area contributed by atoms with Crippen LogP contribution in [0.5, 0.6) is 0 Å². The molecule has 0 saturated carbocycles. The normalized spacial score (nSPS) is 18.2. The standard InChI is InChI=1S/C10H20O7P2/c1-5-10(4,8-6-7-9(2)3)16-19(14,15)17-18(11,12)13/h5,7H,1,6,8H2,2-4H3,(H,14,15)(H2,11,12,13)/p-3/t10-/m0/s1. The van der Waals surface area contributed by atoms with Crippen LogP contribution in [-0.2, 0) is 18.0 Å². The lowest BCUT2D eigenvalue weighted by atomic mass is 10.00. The van der Waals surface area contributed by atoms with Gasteiger partial charge in [-0.2, -0.15) is 0 Å². The van der Waals surface area contributed by atoms with Gasteiger partial charge in [-0.15, -0.1) is 6.58 Å². The van der Waals surface area contributed by atoms with Gasteiger partial charge in [0.15, 0.2) is 0 Å². The number of rotatable bonds is 8. The van der Waals surface area contributed by atoms with E-state index in [1.54, 1.807) is 0 Å². The zero-order valence-corrected chi connectivity index (χ0v) is 12.8. The molecule has 0 aliphatic carbocycles. The number of hydrogen-bond donors (Lipinski definition) is 0. The summed E-state index contributed by atoms with van der Waals surface area (Å²) in [6.45, 7) is 8.57. The van der Waals surface area contributed by atoms with Gasteiger partial charge in [-0.3, -0.25) is 8.88 Å². The molecule has 112 valence electrons. The molecule has 2 atom stereocenters. The van der Waals surface area contributed by atoms with E-state index in [-0.39, 0.29) is 6.42 Å². The van der Waals surface area contributed by atoms with E-state index in [2.05, 4.69) is 15.4 Å². The average molecular weight is 311 g/mol. The van der Waals surface area contributed by atoms with Gasteiger partial charge in [0.1, 0.15) is 0 Å². The lowest BCUT2D eigenvalue weighted by Gasteiger charge is -2.39. The summed E-state index contributed by atoms with van der Waals surface area (Å²) in [6, 6.07) is 0. The van der Waals surface area contributed by atoms with Gasteiger partial charge in [0.25, 0.3) is 7.82 Å². The van der Waals surface area contributed by atoms with Crippen molar-refractivity contribution in [3.63, 3.8) is 0 Å². The van der Waals surface area contributed by atoms with Crippen LogP contribution in [0.15, 0.2) is 24.3 Å². The molecule has 0 aliphatic heterocycles. The fourth-order valence-corrected chi connectivity index (χ4v) is 3.02. The van der Waals surface area contributed by atoms with Crippen molar-refractivity contribution >= 4 is 15.6 Å². The Hall–Kier alpha value is -0.260. The second kappa shape index (κ2) is 6.95. The van der Waals surface area contributed by atoms with Crippen LogP contribution in [0, 0.1) is 0 Å². The quantitative estimate of drug-likeness (QED) is 0.484. The molecule has 0 saturated heterocycles. The van der Waals surface area contributed by atoms with Crippen LogP contribution in [0.4, 0.5) is 0 Å². The van der Waals surface area contributed by atoms with Crippen molar-refractivity contribution in [3.8, 4) is 0 Å². The Morgan fingerprint density at radius 1 is 1.32 bits per heavy atom. The molecule has 7 nitrogen and oxygen atoms in total. The van der Waals surface area contributed by atoms with Gasteiger partial charge in [0.2, 0.25) is 0 Å². The largest absolute Gasteiger partial charge is 0.790 e. The maximum atomic E-state index is 11.3. The molecule has 0 spiro atoms. The Bertz CT molecular complexity index is 435. The first-order valence-electron chi connectivity index (χ1n) is 5.41. The molecule has 0 radical (unpaired) electrons. The third kappa shape index (κ3) is 9.30. The van der Waals surface area contributed by atoms with Crippen LogP contribution in [-0.4, -0.2) is 5.60 Å². The van der Waals surface area contributed by atoms with E-state index in [1.807, 2.05) is 19.9 Å². The molecular formula is C10H17O7P2-3. The van der Waals surface area contributed by atoms with Crippen molar-refractivity contribution in [2.45, 2.75) is 39.2 Å². The highest BCUT2D eigenvalue weighted by Gasteiger charge is 2.27. The fourth-order valence-electron chi connectivity index (χ4n) is 1.23. The minimum Gasteiger partial charge on any atom is -0.790 e. The molecule has 0 aliphatic rings. The first kappa shape index (κ1) is 18.7. The smallest absolute Gasteiger partial charge is 0.272 e. The van der Waals surface area contributed by atoms with Crippen molar-refractivity contribution in [1.29, 1.82) is 0 Å². The minimum atomic E-state index is -5.67. The van der Waals surface area contributed by atoms with Gasteiger partial charge in [0.05, 0.1) is 13.4 Å². The molecule has 0 aromatic carbocycles. The van der Waals surface area contributed by atoms with E-state index < -0.39 is 21.2 Å². The second-order valence-electron chi connectivity index (χ2n) is 4.40. The Morgan fingerprint density at radius 3 is 2.21 bits per heavy atom. The number of allylic oxidation sites excluding steroid dienone is 2. The van der Waals surface area contributed by atoms with Crippen molar-refractivity contribution in [3.05, 3.63) is 24.3 Å². The molecule has 0 fully saturated rings. The second-order valence-corrected chi connectivity index (χ2v) is 7.03. The van der Waals surface area contributed by atoms with Gasteiger partial charge in [-0.25, -0.2) is 0 Å². The van der Waals surface area contributed by atoms with Crippen LogP contribution < -0.4 is 14.7 Å². The summed E-state index contributed by atoms with van der Waals surface area (Å²) in [6.07, 6.45) is 3.80. The number of phosphoric ester groups is 1. The van der Waals surface area contributed by atoms with Crippen LogP contribution >= 0.6 is 15.6 Å². The molecule has 0 aromatic heterocycles. The molecule has 9 heteroatoms. The summed E-state index contributed by atoms with van der Waals surface area (Å²) >= 11 is 0. The van der Waals surface area contributed by atoms with Crippen LogP contribution in [0.2, 0.25) is 0 Å². The van der Waals surface area contributed by atoms with E-state index in [0.717, 1.165) is 5.57 Å². The summed E-state index contributed by atoms with van der Waals surface area (Å²) in [5.41, 5.74) is -0.310. The number of phosphoric acid groups is 2. The topological polar surface area (TPSA) is 122 Å². The first-order chi connectivity index (χ1) is 8.39. The molecule has 0 amide bonds. The van der Waals surface area contributed by atoms with E-state index in [4.69, 9.17) is 0 Å². The SMILES string of the molecule is C=C[C@@](C)(CCC=C(C)C)OP(=O)([O-])OP(=O)([O-])[O-]. The van der Waals surface area contributed by atoms with Crippen LogP contribution in [0.25, 0.3) is 0 Å². The van der Waals surface area contributed by atoms with Crippen molar-refractivity contribution in [2.24, 2.45) is 0 Å². The molecule has 0 aromatic rings. The van der Waals surface area contributed by atoms with Gasteiger partial charge in [-0.05, 0) is 33.6 Å². The van der Waals surface area contributed by atoms with Gasteiger partial charge in [0, 0.05) is 0 Å². The Kier molecular flexibility index (Phi) is 6.86. The highest BCUT2D eigenvalue weighted by Crippen LogP contribution is 2.53. The summed E-state index contributed by atoms with van der Waals surface area (Å²) in [5.74, 6) is 0. The van der Waals surface area contributed by atoms with Gasteiger partial charge < -0.3 is 23.8 Å². The van der Waals surface area contributed by atoms with E-state index in [9.17, 15) is 23.8 Å². The summed E-state index contributed by atoms with van der Waals surface area (Å²) in [7, 11) is -10.9. The Balaban J connectivity index is 4.78. The maximum absolute atomic E-state index is 11.3. The first-order valence-corrected chi connectivity index (χ1v) is 8.33. The maximum Gasteiger partial charge on any atom is 0.272 e. The summed E-state index contributed by atoms with van der Waals surface area (Å²) < 4.78 is 29.6. The molecule has 1 unspecified atom stereocenters. The lowest BCUT2D eigenvalue weighted by molar-refractivity contribution is -0.340. The monoisotopic (exact) mass is 311 g/mol. The summed E-state index contributed by atoms with van der Waals surface area (Å²) in [5, 5.41) is 0.